The molecule has 0 aliphatic carbocycles. The van der Waals surface area contributed by atoms with Crippen LogP contribution in [0.25, 0.3) is 12.0 Å². The van der Waals surface area contributed by atoms with Crippen molar-refractivity contribution >= 4 is 17.9 Å². The van der Waals surface area contributed by atoms with E-state index in [9.17, 15) is 4.79 Å². The molecule has 1 aromatic rings. The zero-order valence-corrected chi connectivity index (χ0v) is 8.36. The molecular weight excluding hydrogens is 190 g/mol. The maximum absolute atomic E-state index is 10.9. The minimum absolute atomic E-state index is 0.314. The summed E-state index contributed by atoms with van der Waals surface area (Å²) in [6, 6.07) is 7.73. The highest BCUT2D eigenvalue weighted by Gasteiger charge is 2.02. The van der Waals surface area contributed by atoms with Crippen LogP contribution in [0.3, 0.4) is 0 Å². The number of ether oxygens (including phenoxy) is 1. The highest BCUT2D eigenvalue weighted by molar-refractivity contribution is 5.73. The monoisotopic (exact) mass is 201 g/mol. The second kappa shape index (κ2) is 4.00. The molecule has 0 amide bonds. The number of hydrogen-bond donors (Lipinski definition) is 1. The van der Waals surface area contributed by atoms with E-state index < -0.39 is 0 Å². The average molecular weight is 201 g/mol. The zero-order valence-electron chi connectivity index (χ0n) is 8.36. The normalized spacial score (nSPS) is 13.3. The van der Waals surface area contributed by atoms with E-state index >= 15 is 0 Å². The maximum Gasteiger partial charge on any atom is 0.308 e. The fourth-order valence-corrected chi connectivity index (χ4v) is 1.44. The Kier molecular flexibility index (Phi) is 2.54. The van der Waals surface area contributed by atoms with Crippen LogP contribution in [0.4, 0.5) is 0 Å². The van der Waals surface area contributed by atoms with Crippen molar-refractivity contribution in [3.8, 4) is 0 Å². The highest BCUT2D eigenvalue weighted by Crippen LogP contribution is 1.99. The summed E-state index contributed by atoms with van der Waals surface area (Å²) in [5.74, 6) is 0.255. The summed E-state index contributed by atoms with van der Waals surface area (Å²) < 4.78 is 5.13. The zero-order chi connectivity index (χ0) is 10.7. The Morgan fingerprint density at radius 2 is 2.13 bits per heavy atom. The molecule has 1 heterocycles. The van der Waals surface area contributed by atoms with Crippen LogP contribution in [-0.4, -0.2) is 5.97 Å². The van der Waals surface area contributed by atoms with Gasteiger partial charge in [0.2, 0.25) is 0 Å². The Morgan fingerprint density at radius 3 is 2.93 bits per heavy atom. The van der Waals surface area contributed by atoms with Crippen LogP contribution in [0.15, 0.2) is 36.5 Å². The number of carbonyl (C=O) groups excluding carboxylic acids is 1. The predicted molar refractivity (Wildman–Crippen MR) is 57.6 cm³/mol. The van der Waals surface area contributed by atoms with Crippen LogP contribution in [0.1, 0.15) is 6.92 Å². The second-order valence-electron chi connectivity index (χ2n) is 3.19. The first-order chi connectivity index (χ1) is 7.27. The lowest BCUT2D eigenvalue weighted by molar-refractivity contribution is -0.134. The molecule has 0 saturated carbocycles. The molecule has 3 heteroatoms. The van der Waals surface area contributed by atoms with Gasteiger partial charge in [-0.3, -0.25) is 4.79 Å². The Morgan fingerprint density at radius 1 is 1.33 bits per heavy atom. The number of esters is 1. The van der Waals surface area contributed by atoms with Crippen LogP contribution < -0.4 is 15.8 Å². The van der Waals surface area contributed by atoms with Gasteiger partial charge in [-0.05, 0) is 6.08 Å². The third kappa shape index (κ3) is 2.07. The molecule has 0 bridgehead atoms. The molecule has 0 fully saturated rings. The first-order valence-corrected chi connectivity index (χ1v) is 4.68. The first kappa shape index (κ1) is 9.52. The minimum atomic E-state index is -0.314. The van der Waals surface area contributed by atoms with Crippen LogP contribution >= 0.6 is 0 Å². The topological polar surface area (TPSA) is 38.3 Å². The molecule has 0 unspecified atom stereocenters. The van der Waals surface area contributed by atoms with E-state index in [0.29, 0.717) is 5.76 Å². The summed E-state index contributed by atoms with van der Waals surface area (Å²) in [5, 5.41) is 4.90. The number of benzene rings is 1. The van der Waals surface area contributed by atoms with Gasteiger partial charge in [0, 0.05) is 29.8 Å². The van der Waals surface area contributed by atoms with Crippen LogP contribution in [0.2, 0.25) is 0 Å². The Hall–Kier alpha value is -2.03. The van der Waals surface area contributed by atoms with Gasteiger partial charge in [0.1, 0.15) is 5.76 Å². The van der Waals surface area contributed by atoms with Gasteiger partial charge in [0.15, 0.2) is 0 Å². The number of fused-ring (bicyclic) bond motifs is 1. The Balaban J connectivity index is 2.67. The molecule has 76 valence electrons. The third-order valence-electron chi connectivity index (χ3n) is 2.05. The van der Waals surface area contributed by atoms with Gasteiger partial charge in [0.25, 0.3) is 0 Å². The van der Waals surface area contributed by atoms with E-state index in [2.05, 4.69) is 5.32 Å². The summed E-state index contributed by atoms with van der Waals surface area (Å²) in [4.78, 5) is 10.9. The van der Waals surface area contributed by atoms with Gasteiger partial charge in [-0.1, -0.05) is 24.3 Å². The summed E-state index contributed by atoms with van der Waals surface area (Å²) >= 11 is 0. The molecule has 1 aliphatic rings. The molecule has 0 radical (unpaired) electrons. The molecular formula is C12H11NO2. The lowest BCUT2D eigenvalue weighted by atomic mass is 10.2. The molecule has 1 aliphatic heterocycles. The molecule has 0 atom stereocenters. The molecule has 1 N–H and O–H groups in total. The van der Waals surface area contributed by atoms with Gasteiger partial charge in [-0.25, -0.2) is 0 Å². The fourth-order valence-electron chi connectivity index (χ4n) is 1.44. The number of carbonyl (C=O) groups is 1. The summed E-state index contributed by atoms with van der Waals surface area (Å²) in [5.41, 5.74) is 0. The smallest absolute Gasteiger partial charge is 0.308 e. The van der Waals surface area contributed by atoms with E-state index in [1.807, 2.05) is 30.5 Å². The van der Waals surface area contributed by atoms with Crippen molar-refractivity contribution in [1.82, 2.24) is 5.32 Å². The Labute approximate surface area is 87.4 Å². The van der Waals surface area contributed by atoms with Crippen molar-refractivity contribution in [2.24, 2.45) is 0 Å². The van der Waals surface area contributed by atoms with Gasteiger partial charge in [-0.2, -0.15) is 0 Å². The van der Waals surface area contributed by atoms with Gasteiger partial charge in [0.05, 0.1) is 0 Å². The highest BCUT2D eigenvalue weighted by atomic mass is 16.5. The van der Waals surface area contributed by atoms with E-state index in [1.54, 1.807) is 12.3 Å². The van der Waals surface area contributed by atoms with Crippen molar-refractivity contribution in [2.75, 3.05) is 0 Å². The molecule has 15 heavy (non-hydrogen) atoms. The maximum atomic E-state index is 10.9. The third-order valence-corrected chi connectivity index (χ3v) is 2.05. The van der Waals surface area contributed by atoms with Crippen molar-refractivity contribution in [2.45, 2.75) is 6.92 Å². The lowest BCUT2D eigenvalue weighted by Crippen LogP contribution is -2.27. The number of rotatable bonds is 1. The predicted octanol–water partition coefficient (Wildman–Crippen LogP) is 0.213. The molecule has 0 spiro atoms. The van der Waals surface area contributed by atoms with Crippen molar-refractivity contribution < 1.29 is 9.53 Å². The van der Waals surface area contributed by atoms with Crippen molar-refractivity contribution in [3.05, 3.63) is 47.0 Å². The molecule has 3 nitrogen and oxygen atoms in total. The van der Waals surface area contributed by atoms with Crippen molar-refractivity contribution in [3.63, 3.8) is 0 Å². The Bertz CT molecular complexity index is 529. The van der Waals surface area contributed by atoms with E-state index in [-0.39, 0.29) is 5.97 Å². The van der Waals surface area contributed by atoms with Crippen LogP contribution in [0.5, 0.6) is 0 Å². The van der Waals surface area contributed by atoms with E-state index in [4.69, 9.17) is 4.74 Å². The summed E-state index contributed by atoms with van der Waals surface area (Å²) in [7, 11) is 0. The second-order valence-corrected chi connectivity index (χ2v) is 3.19. The SMILES string of the molecule is CC(=O)OC1=c2ccccc2=CNC=C1. The molecule has 0 saturated heterocycles. The summed E-state index contributed by atoms with van der Waals surface area (Å²) in [6.45, 7) is 1.39. The van der Waals surface area contributed by atoms with Gasteiger partial charge < -0.3 is 10.1 Å². The average Bonchev–Trinajstić information content (AvgIpc) is 2.41. The number of nitrogens with one attached hydrogen (secondary N) is 1. The standard InChI is InChI=1S/C12H11NO2/c1-9(14)15-12-6-7-13-8-10-4-2-3-5-11(10)12/h2-8,13H,1H3. The van der Waals surface area contributed by atoms with Crippen LogP contribution in [0, 0.1) is 0 Å². The molecule has 0 aromatic heterocycles. The summed E-state index contributed by atoms with van der Waals surface area (Å²) in [6.07, 6.45) is 5.34. The van der Waals surface area contributed by atoms with Gasteiger partial charge in [-0.15, -0.1) is 0 Å². The quantitative estimate of drug-likeness (QED) is 0.660. The first-order valence-electron chi connectivity index (χ1n) is 4.68. The van der Waals surface area contributed by atoms with Gasteiger partial charge >= 0.3 is 5.97 Å². The number of hydrogen-bond acceptors (Lipinski definition) is 3. The van der Waals surface area contributed by atoms with Crippen LogP contribution in [-0.2, 0) is 9.53 Å². The fraction of sp³-hybridized carbons (Fsp3) is 0.0833. The van der Waals surface area contributed by atoms with Crippen molar-refractivity contribution in [1.29, 1.82) is 0 Å². The molecule has 1 aromatic carbocycles. The molecule has 2 rings (SSSR count). The van der Waals surface area contributed by atoms with E-state index in [1.165, 1.54) is 6.92 Å². The lowest BCUT2D eigenvalue weighted by Gasteiger charge is -2.00. The van der Waals surface area contributed by atoms with E-state index in [0.717, 1.165) is 10.4 Å². The largest absolute Gasteiger partial charge is 0.426 e. The minimum Gasteiger partial charge on any atom is -0.426 e.